The first kappa shape index (κ1) is 27.1. The van der Waals surface area contributed by atoms with Crippen LogP contribution in [0.2, 0.25) is 4.34 Å². The average molecular weight is 563 g/mol. The van der Waals surface area contributed by atoms with Crippen LogP contribution in [0.25, 0.3) is 0 Å². The number of halogens is 1. The molecule has 0 atom stereocenters. The summed E-state index contributed by atoms with van der Waals surface area (Å²) < 4.78 is 10.8. The van der Waals surface area contributed by atoms with Crippen LogP contribution < -0.4 is 15.4 Å². The van der Waals surface area contributed by atoms with Crippen molar-refractivity contribution in [2.24, 2.45) is 0 Å². The third kappa shape index (κ3) is 6.12. The largest absolute Gasteiger partial charge is 0.496 e. The van der Waals surface area contributed by atoms with E-state index >= 15 is 0 Å². The van der Waals surface area contributed by atoms with Gasteiger partial charge in [-0.1, -0.05) is 11.6 Å². The first-order valence-corrected chi connectivity index (χ1v) is 13.6. The molecule has 0 bridgehead atoms. The molecule has 0 unspecified atom stereocenters. The Bertz CT molecular complexity index is 1340. The summed E-state index contributed by atoms with van der Waals surface area (Å²) in [6, 6.07) is 6.77. The van der Waals surface area contributed by atoms with Crippen molar-refractivity contribution >= 4 is 57.7 Å². The summed E-state index contributed by atoms with van der Waals surface area (Å²) in [5.41, 5.74) is 1.97. The number of methoxy groups -OCH3 is 2. The molecule has 0 radical (unpaired) electrons. The zero-order valence-corrected chi connectivity index (χ0v) is 23.2. The number of hydrogen-bond donors (Lipinski definition) is 2. The van der Waals surface area contributed by atoms with Gasteiger partial charge in [0.25, 0.3) is 11.8 Å². The molecule has 2 aromatic heterocycles. The van der Waals surface area contributed by atoms with E-state index in [-0.39, 0.29) is 23.8 Å². The lowest BCUT2D eigenvalue weighted by molar-refractivity contribution is 0.0596. The van der Waals surface area contributed by atoms with Gasteiger partial charge in [-0.05, 0) is 43.7 Å². The number of nitrogens with one attached hydrogen (secondary N) is 2. The molecule has 1 aromatic carbocycles. The normalized spacial score (nSPS) is 13.2. The Kier molecular flexibility index (Phi) is 8.48. The standard InChI is InChI=1S/C25H27ClN4O5S2/c1-13(2)30-8-7-16-20(12-30)37-24(29-16)23(32)28-17-10-15(25(33)35-4)18(34-3)9-14(17)11-27-22(31)19-5-6-21(26)36-19/h5-6,9-10,13H,7-8,11-12H2,1-4H3,(H,27,31)(H,28,32). The molecule has 0 saturated carbocycles. The number of ether oxygens (including phenoxy) is 2. The Morgan fingerprint density at radius 3 is 2.59 bits per heavy atom. The molecule has 3 heterocycles. The molecule has 3 aromatic rings. The van der Waals surface area contributed by atoms with Crippen molar-refractivity contribution in [3.8, 4) is 5.75 Å². The van der Waals surface area contributed by atoms with Gasteiger partial charge in [-0.25, -0.2) is 9.78 Å². The minimum atomic E-state index is -0.616. The van der Waals surface area contributed by atoms with Crippen molar-refractivity contribution in [3.05, 3.63) is 60.2 Å². The van der Waals surface area contributed by atoms with Crippen LogP contribution in [0.5, 0.6) is 5.75 Å². The summed E-state index contributed by atoms with van der Waals surface area (Å²) in [6.07, 6.45) is 0.788. The Morgan fingerprint density at radius 1 is 1.16 bits per heavy atom. The predicted molar refractivity (Wildman–Crippen MR) is 144 cm³/mol. The van der Waals surface area contributed by atoms with Gasteiger partial charge in [0.15, 0.2) is 5.01 Å². The smallest absolute Gasteiger partial charge is 0.341 e. The van der Waals surface area contributed by atoms with Crippen molar-refractivity contribution in [1.29, 1.82) is 0 Å². The van der Waals surface area contributed by atoms with Gasteiger partial charge in [0.2, 0.25) is 0 Å². The summed E-state index contributed by atoms with van der Waals surface area (Å²) in [5, 5.41) is 6.03. The van der Waals surface area contributed by atoms with E-state index in [1.807, 2.05) is 0 Å². The highest BCUT2D eigenvalue weighted by Gasteiger charge is 2.25. The lowest BCUT2D eigenvalue weighted by Crippen LogP contribution is -2.35. The number of hydrogen-bond acceptors (Lipinski definition) is 9. The highest BCUT2D eigenvalue weighted by atomic mass is 35.5. The fourth-order valence-electron chi connectivity index (χ4n) is 3.95. The first-order chi connectivity index (χ1) is 17.7. The quantitative estimate of drug-likeness (QED) is 0.386. The van der Waals surface area contributed by atoms with E-state index in [2.05, 4.69) is 34.4 Å². The molecule has 1 aliphatic heterocycles. The van der Waals surface area contributed by atoms with E-state index in [9.17, 15) is 14.4 Å². The van der Waals surface area contributed by atoms with E-state index in [1.54, 1.807) is 18.2 Å². The maximum Gasteiger partial charge on any atom is 0.341 e. The Morgan fingerprint density at radius 2 is 1.95 bits per heavy atom. The number of benzene rings is 1. The van der Waals surface area contributed by atoms with Crippen LogP contribution in [-0.4, -0.2) is 54.5 Å². The summed E-state index contributed by atoms with van der Waals surface area (Å²) in [5.74, 6) is -1.07. The molecule has 2 N–H and O–H groups in total. The minimum absolute atomic E-state index is 0.0689. The molecule has 196 valence electrons. The van der Waals surface area contributed by atoms with Crippen LogP contribution in [0.1, 0.15) is 59.8 Å². The molecule has 1 aliphatic rings. The average Bonchev–Trinajstić information content (AvgIpc) is 3.52. The number of carbonyl (C=O) groups excluding carboxylic acids is 3. The zero-order chi connectivity index (χ0) is 26.7. The van der Waals surface area contributed by atoms with Crippen molar-refractivity contribution in [2.75, 3.05) is 26.1 Å². The van der Waals surface area contributed by atoms with Crippen molar-refractivity contribution in [1.82, 2.24) is 15.2 Å². The van der Waals surface area contributed by atoms with Crippen LogP contribution in [0.3, 0.4) is 0 Å². The van der Waals surface area contributed by atoms with Gasteiger partial charge >= 0.3 is 5.97 Å². The Hall–Kier alpha value is -2.99. The monoisotopic (exact) mass is 562 g/mol. The SMILES string of the molecule is COC(=O)c1cc(NC(=O)c2nc3c(s2)CN(C(C)C)CC3)c(CNC(=O)c2ccc(Cl)s2)cc1OC. The van der Waals surface area contributed by atoms with Gasteiger partial charge in [-0.15, -0.1) is 22.7 Å². The topological polar surface area (TPSA) is 110 Å². The van der Waals surface area contributed by atoms with Gasteiger partial charge in [0.05, 0.1) is 29.1 Å². The Balaban J connectivity index is 1.60. The van der Waals surface area contributed by atoms with Crippen molar-refractivity contribution in [2.45, 2.75) is 39.4 Å². The van der Waals surface area contributed by atoms with E-state index in [0.29, 0.717) is 31.5 Å². The molecule has 0 spiro atoms. The molecular weight excluding hydrogens is 536 g/mol. The molecule has 37 heavy (non-hydrogen) atoms. The van der Waals surface area contributed by atoms with Gasteiger partial charge in [-0.3, -0.25) is 14.5 Å². The summed E-state index contributed by atoms with van der Waals surface area (Å²) in [7, 11) is 2.69. The second-order valence-corrected chi connectivity index (χ2v) is 11.4. The number of carbonyl (C=O) groups is 3. The van der Waals surface area contributed by atoms with E-state index in [1.165, 1.54) is 31.6 Å². The number of thiophene rings is 1. The van der Waals surface area contributed by atoms with E-state index in [0.717, 1.165) is 41.4 Å². The molecule has 0 aliphatic carbocycles. The highest BCUT2D eigenvalue weighted by Crippen LogP contribution is 2.31. The molecule has 0 saturated heterocycles. The maximum atomic E-state index is 13.2. The van der Waals surface area contributed by atoms with Gasteiger partial charge in [-0.2, -0.15) is 0 Å². The number of thiazole rings is 1. The maximum absolute atomic E-state index is 13.2. The van der Waals surface area contributed by atoms with Crippen LogP contribution in [0, 0.1) is 0 Å². The highest BCUT2D eigenvalue weighted by molar-refractivity contribution is 7.18. The third-order valence-electron chi connectivity index (χ3n) is 6.00. The lowest BCUT2D eigenvalue weighted by Gasteiger charge is -2.29. The van der Waals surface area contributed by atoms with Crippen LogP contribution in [0.4, 0.5) is 5.69 Å². The molecule has 0 fully saturated rings. The molecule has 2 amide bonds. The fraction of sp³-hybridized carbons (Fsp3) is 0.360. The molecule has 12 heteroatoms. The number of nitrogens with zero attached hydrogens (tertiary/aromatic N) is 2. The zero-order valence-electron chi connectivity index (χ0n) is 20.8. The molecular formula is C25H27ClN4O5S2. The summed E-state index contributed by atoms with van der Waals surface area (Å²) in [4.78, 5) is 46.7. The van der Waals surface area contributed by atoms with Gasteiger partial charge < -0.3 is 20.1 Å². The van der Waals surface area contributed by atoms with Crippen molar-refractivity contribution in [3.63, 3.8) is 0 Å². The van der Waals surface area contributed by atoms with Gasteiger partial charge in [0.1, 0.15) is 11.3 Å². The molecule has 4 rings (SSSR count). The van der Waals surface area contributed by atoms with Crippen LogP contribution in [-0.2, 0) is 24.2 Å². The van der Waals surface area contributed by atoms with E-state index in [4.69, 9.17) is 21.1 Å². The van der Waals surface area contributed by atoms with Crippen molar-refractivity contribution < 1.29 is 23.9 Å². The molecule has 9 nitrogen and oxygen atoms in total. The number of rotatable bonds is 8. The third-order valence-corrected chi connectivity index (χ3v) is 8.31. The summed E-state index contributed by atoms with van der Waals surface area (Å²) in [6.45, 7) is 6.03. The Labute approximate surface area is 227 Å². The number of amides is 2. The minimum Gasteiger partial charge on any atom is -0.496 e. The lowest BCUT2D eigenvalue weighted by atomic mass is 10.1. The number of anilines is 1. The van der Waals surface area contributed by atoms with E-state index < -0.39 is 11.9 Å². The number of fused-ring (bicyclic) bond motifs is 1. The van der Waals surface area contributed by atoms with Crippen LogP contribution >= 0.6 is 34.3 Å². The number of esters is 1. The first-order valence-electron chi connectivity index (χ1n) is 11.6. The van der Waals surface area contributed by atoms with Gasteiger partial charge in [0, 0.05) is 42.7 Å². The van der Waals surface area contributed by atoms with Crippen LogP contribution in [0.15, 0.2) is 24.3 Å². The number of aromatic nitrogens is 1. The fourth-order valence-corrected chi connectivity index (χ4v) is 5.94. The second kappa shape index (κ2) is 11.6. The summed E-state index contributed by atoms with van der Waals surface area (Å²) >= 11 is 8.48. The predicted octanol–water partition coefficient (Wildman–Crippen LogP) is 4.60. The second-order valence-electron chi connectivity index (χ2n) is 8.64.